The SMILES string of the molecule is Cc1cc(N)ccc1Oc1ccc(Oc2ccccc2)cc1. The van der Waals surface area contributed by atoms with Gasteiger partial charge in [0.25, 0.3) is 0 Å². The van der Waals surface area contributed by atoms with Gasteiger partial charge in [0.2, 0.25) is 0 Å². The molecule has 0 saturated heterocycles. The molecule has 0 aliphatic carbocycles. The minimum absolute atomic E-state index is 0.733. The molecule has 0 heterocycles. The maximum atomic E-state index is 5.86. The van der Waals surface area contributed by atoms with Crippen LogP contribution in [-0.2, 0) is 0 Å². The summed E-state index contributed by atoms with van der Waals surface area (Å²) in [6.45, 7) is 1.97. The van der Waals surface area contributed by atoms with E-state index in [1.165, 1.54) is 0 Å². The minimum Gasteiger partial charge on any atom is -0.457 e. The third-order valence-corrected chi connectivity index (χ3v) is 3.23. The van der Waals surface area contributed by atoms with E-state index in [1.54, 1.807) is 0 Å². The summed E-state index contributed by atoms with van der Waals surface area (Å²) in [4.78, 5) is 0. The number of nitrogen functional groups attached to an aromatic ring is 1. The Labute approximate surface area is 129 Å². The lowest BCUT2D eigenvalue weighted by Gasteiger charge is -2.10. The maximum absolute atomic E-state index is 5.86. The number of nitrogens with two attached hydrogens (primary N) is 1. The Morgan fingerprint density at radius 2 is 1.27 bits per heavy atom. The van der Waals surface area contributed by atoms with Crippen molar-refractivity contribution in [3.05, 3.63) is 78.4 Å². The van der Waals surface area contributed by atoms with Crippen molar-refractivity contribution >= 4 is 5.69 Å². The lowest BCUT2D eigenvalue weighted by molar-refractivity contribution is 0.467. The Morgan fingerprint density at radius 3 is 1.91 bits per heavy atom. The molecule has 0 fully saturated rings. The number of benzene rings is 3. The summed E-state index contributed by atoms with van der Waals surface area (Å²) in [7, 11) is 0. The molecule has 0 amide bonds. The van der Waals surface area contributed by atoms with Crippen LogP contribution in [0, 0.1) is 6.92 Å². The third-order valence-electron chi connectivity index (χ3n) is 3.23. The van der Waals surface area contributed by atoms with Gasteiger partial charge in [-0.2, -0.15) is 0 Å². The van der Waals surface area contributed by atoms with Crippen molar-refractivity contribution in [2.24, 2.45) is 0 Å². The molecule has 0 aliphatic rings. The summed E-state index contributed by atoms with van der Waals surface area (Å²) in [6.07, 6.45) is 0. The first-order chi connectivity index (χ1) is 10.7. The first kappa shape index (κ1) is 14.0. The van der Waals surface area contributed by atoms with E-state index in [0.29, 0.717) is 0 Å². The van der Waals surface area contributed by atoms with Crippen molar-refractivity contribution in [3.8, 4) is 23.0 Å². The zero-order valence-corrected chi connectivity index (χ0v) is 12.3. The summed E-state index contributed by atoms with van der Waals surface area (Å²) in [5, 5.41) is 0. The lowest BCUT2D eigenvalue weighted by Crippen LogP contribution is -1.91. The van der Waals surface area contributed by atoms with Crippen molar-refractivity contribution in [2.75, 3.05) is 5.73 Å². The van der Waals surface area contributed by atoms with Gasteiger partial charge in [0, 0.05) is 5.69 Å². The average molecular weight is 291 g/mol. The number of rotatable bonds is 4. The van der Waals surface area contributed by atoms with E-state index in [-0.39, 0.29) is 0 Å². The molecule has 0 spiro atoms. The number of para-hydroxylation sites is 1. The van der Waals surface area contributed by atoms with Crippen LogP contribution in [-0.4, -0.2) is 0 Å². The highest BCUT2D eigenvalue weighted by Crippen LogP contribution is 2.29. The van der Waals surface area contributed by atoms with Crippen molar-refractivity contribution < 1.29 is 9.47 Å². The summed E-state index contributed by atoms with van der Waals surface area (Å²) < 4.78 is 11.6. The zero-order valence-electron chi connectivity index (χ0n) is 12.3. The molecule has 0 aliphatic heterocycles. The van der Waals surface area contributed by atoms with Crippen LogP contribution in [0.2, 0.25) is 0 Å². The van der Waals surface area contributed by atoms with Crippen LogP contribution in [0.4, 0.5) is 5.69 Å². The normalized spacial score (nSPS) is 10.2. The lowest BCUT2D eigenvalue weighted by atomic mass is 10.2. The van der Waals surface area contributed by atoms with Crippen LogP contribution >= 0.6 is 0 Å². The van der Waals surface area contributed by atoms with Crippen molar-refractivity contribution in [2.45, 2.75) is 6.92 Å². The van der Waals surface area contributed by atoms with Crippen molar-refractivity contribution in [1.29, 1.82) is 0 Å². The zero-order chi connectivity index (χ0) is 15.4. The highest BCUT2D eigenvalue weighted by atomic mass is 16.5. The van der Waals surface area contributed by atoms with E-state index in [4.69, 9.17) is 15.2 Å². The molecular formula is C19H17NO2. The van der Waals surface area contributed by atoms with E-state index in [0.717, 1.165) is 34.2 Å². The molecule has 22 heavy (non-hydrogen) atoms. The van der Waals surface area contributed by atoms with E-state index >= 15 is 0 Å². The van der Waals surface area contributed by atoms with Gasteiger partial charge in [0.05, 0.1) is 0 Å². The fourth-order valence-corrected chi connectivity index (χ4v) is 2.11. The standard InChI is InChI=1S/C19H17NO2/c1-14-13-15(20)7-12-19(14)22-18-10-8-17(9-11-18)21-16-5-3-2-4-6-16/h2-13H,20H2,1H3. The quantitative estimate of drug-likeness (QED) is 0.675. The molecule has 3 heteroatoms. The highest BCUT2D eigenvalue weighted by molar-refractivity contribution is 5.48. The predicted octanol–water partition coefficient (Wildman–Crippen LogP) is 5.16. The molecule has 3 nitrogen and oxygen atoms in total. The Hall–Kier alpha value is -2.94. The van der Waals surface area contributed by atoms with Gasteiger partial charge in [-0.05, 0) is 67.1 Å². The molecule has 3 rings (SSSR count). The number of anilines is 1. The van der Waals surface area contributed by atoms with E-state index < -0.39 is 0 Å². The number of ether oxygens (including phenoxy) is 2. The van der Waals surface area contributed by atoms with E-state index in [1.807, 2.05) is 79.7 Å². The summed E-state index contributed by atoms with van der Waals surface area (Å²) in [5.41, 5.74) is 7.48. The largest absolute Gasteiger partial charge is 0.457 e. The second-order valence-corrected chi connectivity index (χ2v) is 5.01. The Balaban J connectivity index is 1.71. The highest BCUT2D eigenvalue weighted by Gasteiger charge is 2.03. The minimum atomic E-state index is 0.733. The van der Waals surface area contributed by atoms with Gasteiger partial charge >= 0.3 is 0 Å². The van der Waals surface area contributed by atoms with Gasteiger partial charge in [0.15, 0.2) is 0 Å². The van der Waals surface area contributed by atoms with Crippen LogP contribution in [0.15, 0.2) is 72.8 Å². The molecule has 0 saturated carbocycles. The smallest absolute Gasteiger partial charge is 0.130 e. The molecular weight excluding hydrogens is 274 g/mol. The number of hydrogen-bond donors (Lipinski definition) is 1. The van der Waals surface area contributed by atoms with Crippen molar-refractivity contribution in [3.63, 3.8) is 0 Å². The molecule has 3 aromatic carbocycles. The second-order valence-electron chi connectivity index (χ2n) is 5.01. The topological polar surface area (TPSA) is 44.5 Å². The summed E-state index contributed by atoms with van der Waals surface area (Å²) in [5.74, 6) is 3.14. The second kappa shape index (κ2) is 6.22. The third kappa shape index (κ3) is 3.38. The molecule has 110 valence electrons. The predicted molar refractivity (Wildman–Crippen MR) is 88.6 cm³/mol. The molecule has 0 bridgehead atoms. The van der Waals surface area contributed by atoms with E-state index in [9.17, 15) is 0 Å². The molecule has 3 aromatic rings. The fraction of sp³-hybridized carbons (Fsp3) is 0.0526. The maximum Gasteiger partial charge on any atom is 0.130 e. The Morgan fingerprint density at radius 1 is 0.682 bits per heavy atom. The fourth-order valence-electron chi connectivity index (χ4n) is 2.11. The van der Waals surface area contributed by atoms with Gasteiger partial charge in [-0.15, -0.1) is 0 Å². The number of hydrogen-bond acceptors (Lipinski definition) is 3. The molecule has 2 N–H and O–H groups in total. The molecule has 0 radical (unpaired) electrons. The first-order valence-electron chi connectivity index (χ1n) is 7.08. The van der Waals surface area contributed by atoms with Crippen LogP contribution in [0.1, 0.15) is 5.56 Å². The van der Waals surface area contributed by atoms with Gasteiger partial charge in [-0.3, -0.25) is 0 Å². The Bertz CT molecular complexity index is 752. The summed E-state index contributed by atoms with van der Waals surface area (Å²) >= 11 is 0. The molecule has 0 atom stereocenters. The van der Waals surface area contributed by atoms with Crippen LogP contribution in [0.3, 0.4) is 0 Å². The first-order valence-corrected chi connectivity index (χ1v) is 7.08. The van der Waals surface area contributed by atoms with E-state index in [2.05, 4.69) is 0 Å². The van der Waals surface area contributed by atoms with Gasteiger partial charge in [-0.1, -0.05) is 18.2 Å². The monoisotopic (exact) mass is 291 g/mol. The Kier molecular flexibility index (Phi) is 3.97. The van der Waals surface area contributed by atoms with Crippen LogP contribution < -0.4 is 15.2 Å². The van der Waals surface area contributed by atoms with Crippen molar-refractivity contribution in [1.82, 2.24) is 0 Å². The van der Waals surface area contributed by atoms with Gasteiger partial charge in [-0.25, -0.2) is 0 Å². The van der Waals surface area contributed by atoms with Gasteiger partial charge in [0.1, 0.15) is 23.0 Å². The van der Waals surface area contributed by atoms with Crippen LogP contribution in [0.25, 0.3) is 0 Å². The average Bonchev–Trinajstić information content (AvgIpc) is 2.53. The summed E-state index contributed by atoms with van der Waals surface area (Å²) in [6, 6.07) is 22.8. The van der Waals surface area contributed by atoms with Gasteiger partial charge < -0.3 is 15.2 Å². The van der Waals surface area contributed by atoms with Crippen LogP contribution in [0.5, 0.6) is 23.0 Å². The molecule has 0 unspecified atom stereocenters. The number of aryl methyl sites for hydroxylation is 1. The molecule has 0 aromatic heterocycles.